The van der Waals surface area contributed by atoms with Gasteiger partial charge in [-0.05, 0) is 55.2 Å². The first-order valence-corrected chi connectivity index (χ1v) is 12.6. The number of carbonyl (C=O) groups excluding carboxylic acids is 2. The minimum Gasteiger partial charge on any atom is -0.352 e. The van der Waals surface area contributed by atoms with Gasteiger partial charge in [0.1, 0.15) is 6.04 Å². The molecule has 0 bridgehead atoms. The van der Waals surface area contributed by atoms with Gasteiger partial charge in [-0.2, -0.15) is 0 Å². The number of hydrogen-bond acceptors (Lipinski definition) is 2. The van der Waals surface area contributed by atoms with E-state index in [1.54, 1.807) is 0 Å². The Labute approximate surface area is 199 Å². The highest BCUT2D eigenvalue weighted by Crippen LogP contribution is 2.21. The van der Waals surface area contributed by atoms with Gasteiger partial charge in [-0.15, -0.1) is 0 Å². The highest BCUT2D eigenvalue weighted by atomic mass is 16.2. The minimum atomic E-state index is -0.443. The predicted molar refractivity (Wildman–Crippen MR) is 135 cm³/mol. The molecule has 2 aromatic rings. The van der Waals surface area contributed by atoms with Crippen molar-refractivity contribution in [3.8, 4) is 0 Å². The van der Waals surface area contributed by atoms with Crippen LogP contribution in [-0.4, -0.2) is 28.8 Å². The van der Waals surface area contributed by atoms with Gasteiger partial charge in [0.25, 0.3) is 0 Å². The maximum Gasteiger partial charge on any atom is 0.243 e. The van der Waals surface area contributed by atoms with E-state index >= 15 is 0 Å². The van der Waals surface area contributed by atoms with Crippen LogP contribution >= 0.6 is 0 Å². The van der Waals surface area contributed by atoms with Crippen molar-refractivity contribution in [1.29, 1.82) is 0 Å². The number of rotatable bonds is 10. The Balaban J connectivity index is 1.74. The van der Waals surface area contributed by atoms with E-state index in [-0.39, 0.29) is 17.9 Å². The van der Waals surface area contributed by atoms with Crippen molar-refractivity contribution in [2.24, 2.45) is 0 Å². The molecule has 1 fully saturated rings. The zero-order chi connectivity index (χ0) is 23.8. The fourth-order valence-electron chi connectivity index (χ4n) is 4.76. The van der Waals surface area contributed by atoms with Crippen molar-refractivity contribution in [1.82, 2.24) is 10.2 Å². The Hall–Kier alpha value is -2.62. The first-order valence-electron chi connectivity index (χ1n) is 12.6. The lowest BCUT2D eigenvalue weighted by Gasteiger charge is -2.31. The van der Waals surface area contributed by atoms with Crippen molar-refractivity contribution in [3.63, 3.8) is 0 Å². The quantitative estimate of drug-likeness (QED) is 0.491. The van der Waals surface area contributed by atoms with E-state index in [0.29, 0.717) is 31.7 Å². The molecule has 0 spiro atoms. The molecule has 0 saturated heterocycles. The molecular formula is C29H40N2O2. The monoisotopic (exact) mass is 448 g/mol. The van der Waals surface area contributed by atoms with Crippen LogP contribution in [0.1, 0.15) is 87.5 Å². The first kappa shape index (κ1) is 25.0. The first-order chi connectivity index (χ1) is 15.9. The molecule has 3 rings (SSSR count). The summed E-state index contributed by atoms with van der Waals surface area (Å²) in [5.74, 6) is 0.527. The van der Waals surface area contributed by atoms with Gasteiger partial charge in [0.2, 0.25) is 11.8 Å². The van der Waals surface area contributed by atoms with E-state index < -0.39 is 6.04 Å². The summed E-state index contributed by atoms with van der Waals surface area (Å²) in [5, 5.41) is 3.22. The van der Waals surface area contributed by atoms with E-state index in [0.717, 1.165) is 29.5 Å². The second-order valence-electron chi connectivity index (χ2n) is 9.82. The lowest BCUT2D eigenvalue weighted by atomic mass is 10.00. The van der Waals surface area contributed by atoms with E-state index in [1.807, 2.05) is 24.0 Å². The molecule has 0 aliphatic heterocycles. The van der Waals surface area contributed by atoms with Crippen LogP contribution in [0.25, 0.3) is 0 Å². The van der Waals surface area contributed by atoms with Crippen molar-refractivity contribution in [2.75, 3.05) is 0 Å². The molecule has 1 N–H and O–H groups in total. The summed E-state index contributed by atoms with van der Waals surface area (Å²) in [7, 11) is 0. The summed E-state index contributed by atoms with van der Waals surface area (Å²) >= 11 is 0. The lowest BCUT2D eigenvalue weighted by Crippen LogP contribution is -2.51. The van der Waals surface area contributed by atoms with Gasteiger partial charge in [0.05, 0.1) is 0 Å². The number of amides is 2. The summed E-state index contributed by atoms with van der Waals surface area (Å²) in [6.07, 6.45) is 6.12. The minimum absolute atomic E-state index is 0.00770. The van der Waals surface area contributed by atoms with Gasteiger partial charge < -0.3 is 10.2 Å². The van der Waals surface area contributed by atoms with Crippen molar-refractivity contribution in [3.05, 3.63) is 70.8 Å². The largest absolute Gasteiger partial charge is 0.352 e. The second-order valence-corrected chi connectivity index (χ2v) is 9.82. The zero-order valence-electron chi connectivity index (χ0n) is 20.8. The van der Waals surface area contributed by atoms with E-state index in [1.165, 1.54) is 18.4 Å². The summed E-state index contributed by atoms with van der Waals surface area (Å²) in [6, 6.07) is 16.6. The smallest absolute Gasteiger partial charge is 0.243 e. The van der Waals surface area contributed by atoms with Gasteiger partial charge >= 0.3 is 0 Å². The molecule has 1 aliphatic carbocycles. The van der Waals surface area contributed by atoms with E-state index in [4.69, 9.17) is 0 Å². The van der Waals surface area contributed by atoms with Gasteiger partial charge in [-0.1, -0.05) is 87.7 Å². The fraction of sp³-hybridized carbons (Fsp3) is 0.517. The molecule has 0 heterocycles. The number of benzene rings is 2. The SMILES string of the molecule is CC[C@@H](C(=O)NC1CCCC1)N(Cc1cccc(C)c1)C(=O)CCc1ccc(C(C)C)cc1. The average Bonchev–Trinajstić information content (AvgIpc) is 3.30. The molecule has 0 aromatic heterocycles. The van der Waals surface area contributed by atoms with Crippen molar-refractivity contribution >= 4 is 11.8 Å². The Morgan fingerprint density at radius 1 is 1.03 bits per heavy atom. The third-order valence-corrected chi connectivity index (χ3v) is 6.80. The molecule has 1 saturated carbocycles. The predicted octanol–water partition coefficient (Wildman–Crippen LogP) is 5.92. The molecule has 33 heavy (non-hydrogen) atoms. The molecule has 0 unspecified atom stereocenters. The molecule has 178 valence electrons. The number of aryl methyl sites for hydroxylation is 2. The molecule has 0 radical (unpaired) electrons. The molecule has 4 heteroatoms. The molecule has 1 aliphatic rings. The van der Waals surface area contributed by atoms with Crippen LogP contribution in [0.2, 0.25) is 0 Å². The van der Waals surface area contributed by atoms with Crippen LogP contribution in [0.15, 0.2) is 48.5 Å². The lowest BCUT2D eigenvalue weighted by molar-refractivity contribution is -0.141. The molecule has 1 atom stereocenters. The Morgan fingerprint density at radius 3 is 2.33 bits per heavy atom. The average molecular weight is 449 g/mol. The Kier molecular flexibility index (Phi) is 9.11. The van der Waals surface area contributed by atoms with Crippen LogP contribution in [-0.2, 0) is 22.6 Å². The Morgan fingerprint density at radius 2 is 1.73 bits per heavy atom. The topological polar surface area (TPSA) is 49.4 Å². The molecule has 2 aromatic carbocycles. The van der Waals surface area contributed by atoms with Gasteiger partial charge in [-0.3, -0.25) is 9.59 Å². The normalized spacial score (nSPS) is 14.9. The van der Waals surface area contributed by atoms with Crippen molar-refractivity contribution < 1.29 is 9.59 Å². The van der Waals surface area contributed by atoms with Crippen LogP contribution < -0.4 is 5.32 Å². The summed E-state index contributed by atoms with van der Waals surface area (Å²) in [5.41, 5.74) is 4.69. The van der Waals surface area contributed by atoms with E-state index in [2.05, 4.69) is 62.5 Å². The third kappa shape index (κ3) is 7.18. The third-order valence-electron chi connectivity index (χ3n) is 6.80. The summed E-state index contributed by atoms with van der Waals surface area (Å²) in [6.45, 7) is 8.89. The Bertz CT molecular complexity index is 913. The number of hydrogen-bond donors (Lipinski definition) is 1. The number of carbonyl (C=O) groups is 2. The number of nitrogens with zero attached hydrogens (tertiary/aromatic N) is 1. The maximum absolute atomic E-state index is 13.5. The second kappa shape index (κ2) is 12.0. The van der Waals surface area contributed by atoms with Crippen LogP contribution in [0.4, 0.5) is 0 Å². The maximum atomic E-state index is 13.5. The van der Waals surface area contributed by atoms with Crippen LogP contribution in [0.5, 0.6) is 0 Å². The van der Waals surface area contributed by atoms with Gasteiger partial charge in [0.15, 0.2) is 0 Å². The van der Waals surface area contributed by atoms with Crippen molar-refractivity contribution in [2.45, 2.75) is 97.2 Å². The zero-order valence-corrected chi connectivity index (χ0v) is 20.8. The van der Waals surface area contributed by atoms with Gasteiger partial charge in [-0.25, -0.2) is 0 Å². The fourth-order valence-corrected chi connectivity index (χ4v) is 4.76. The molecular weight excluding hydrogens is 408 g/mol. The summed E-state index contributed by atoms with van der Waals surface area (Å²) in [4.78, 5) is 28.5. The number of nitrogens with one attached hydrogen (secondary N) is 1. The van der Waals surface area contributed by atoms with Crippen LogP contribution in [0, 0.1) is 6.92 Å². The highest BCUT2D eigenvalue weighted by molar-refractivity contribution is 5.88. The highest BCUT2D eigenvalue weighted by Gasteiger charge is 2.30. The molecule has 2 amide bonds. The van der Waals surface area contributed by atoms with E-state index in [9.17, 15) is 9.59 Å². The summed E-state index contributed by atoms with van der Waals surface area (Å²) < 4.78 is 0. The molecule has 4 nitrogen and oxygen atoms in total. The van der Waals surface area contributed by atoms with Gasteiger partial charge in [0, 0.05) is 19.0 Å². The van der Waals surface area contributed by atoms with Crippen LogP contribution in [0.3, 0.4) is 0 Å². The standard InChI is InChI=1S/C29H40N2O2/c1-5-27(29(33)30-26-11-6-7-12-26)31(20-24-10-8-9-22(4)19-24)28(32)18-15-23-13-16-25(17-14-23)21(2)3/h8-10,13-14,16-17,19,21,26-27H,5-7,11-12,15,18,20H2,1-4H3,(H,30,33)/t27-/m0/s1.